The molecule has 0 amide bonds. The molecule has 1 N–H and O–H groups in total. The van der Waals surface area contributed by atoms with Gasteiger partial charge in [-0.05, 0) is 30.3 Å². The van der Waals surface area contributed by atoms with Crippen molar-refractivity contribution in [2.75, 3.05) is 32.2 Å². The molecule has 0 radical (unpaired) electrons. The number of hydrogen-bond donors (Lipinski definition) is 1. The molecule has 3 heterocycles. The summed E-state index contributed by atoms with van der Waals surface area (Å²) in [5.41, 5.74) is 2.76. The predicted molar refractivity (Wildman–Crippen MR) is 108 cm³/mol. The fraction of sp³-hybridized carbons (Fsp3) is 0.381. The molecule has 1 fully saturated rings. The van der Waals surface area contributed by atoms with Gasteiger partial charge in [-0.15, -0.1) is 0 Å². The quantitative estimate of drug-likeness (QED) is 0.721. The summed E-state index contributed by atoms with van der Waals surface area (Å²) >= 11 is 0. The van der Waals surface area contributed by atoms with Gasteiger partial charge in [-0.25, -0.2) is 19.3 Å². The monoisotopic (exact) mass is 397 g/mol. The van der Waals surface area contributed by atoms with Crippen molar-refractivity contribution in [3.8, 4) is 22.6 Å². The number of aromatic amines is 1. The molecular weight excluding hydrogens is 373 g/mol. The Morgan fingerprint density at radius 3 is 2.41 bits per heavy atom. The van der Waals surface area contributed by atoms with Crippen molar-refractivity contribution in [3.63, 3.8) is 0 Å². The molecule has 7 nitrogen and oxygen atoms in total. The molecule has 0 spiro atoms. The lowest BCUT2D eigenvalue weighted by Gasteiger charge is -2.33. The van der Waals surface area contributed by atoms with Crippen LogP contribution in [0.1, 0.15) is 26.0 Å². The number of hydrogen-bond acceptors (Lipinski definition) is 6. The maximum atomic E-state index is 13.4. The number of nitrogens with zero attached hydrogens (tertiary/aromatic N) is 4. The molecule has 0 aliphatic carbocycles. The Bertz CT molecular complexity index is 991. The zero-order valence-corrected chi connectivity index (χ0v) is 16.9. The van der Waals surface area contributed by atoms with E-state index in [1.807, 2.05) is 25.1 Å². The molecule has 29 heavy (non-hydrogen) atoms. The van der Waals surface area contributed by atoms with Crippen molar-refractivity contribution in [2.45, 2.75) is 20.1 Å². The molecule has 3 aromatic rings. The summed E-state index contributed by atoms with van der Waals surface area (Å²) in [5, 5.41) is 0. The number of halogens is 1. The third-order valence-corrected chi connectivity index (χ3v) is 4.61. The Kier molecular flexibility index (Phi) is 5.06. The molecule has 1 aliphatic rings. The smallest absolute Gasteiger partial charge is 0.225 e. The highest BCUT2D eigenvalue weighted by atomic mass is 19.1. The number of aromatic nitrogens is 4. The third-order valence-electron chi connectivity index (χ3n) is 4.61. The number of anilines is 1. The second-order valence-electron chi connectivity index (χ2n) is 8.11. The first-order chi connectivity index (χ1) is 13.8. The zero-order chi connectivity index (χ0) is 20.6. The van der Waals surface area contributed by atoms with Gasteiger partial charge in [-0.1, -0.05) is 13.8 Å². The lowest BCUT2D eigenvalue weighted by molar-refractivity contribution is -0.229. The lowest BCUT2D eigenvalue weighted by atomic mass is 9.96. The second-order valence-corrected chi connectivity index (χ2v) is 8.11. The topological polar surface area (TPSA) is 76.2 Å². The van der Waals surface area contributed by atoms with Gasteiger partial charge in [0.05, 0.1) is 30.3 Å². The van der Waals surface area contributed by atoms with E-state index >= 15 is 0 Å². The fourth-order valence-electron chi connectivity index (χ4n) is 3.06. The average molecular weight is 397 g/mol. The van der Waals surface area contributed by atoms with E-state index in [0.29, 0.717) is 42.1 Å². The molecule has 1 aliphatic heterocycles. The van der Waals surface area contributed by atoms with E-state index in [0.717, 1.165) is 5.56 Å². The summed E-state index contributed by atoms with van der Waals surface area (Å²) in [6, 6.07) is 8.02. The molecule has 152 valence electrons. The van der Waals surface area contributed by atoms with Gasteiger partial charge in [-0.2, -0.15) is 0 Å². The van der Waals surface area contributed by atoms with Gasteiger partial charge in [0.2, 0.25) is 12.2 Å². The number of imidazole rings is 1. The molecule has 1 saturated heterocycles. The van der Waals surface area contributed by atoms with E-state index in [9.17, 15) is 4.39 Å². The first-order valence-electron chi connectivity index (χ1n) is 9.42. The summed E-state index contributed by atoms with van der Waals surface area (Å²) in [7, 11) is 3.76. The summed E-state index contributed by atoms with van der Waals surface area (Å²) < 4.78 is 25.2. The normalized spacial score (nSPS) is 16.7. The summed E-state index contributed by atoms with van der Waals surface area (Å²) in [6.07, 6.45) is 1.11. The van der Waals surface area contributed by atoms with E-state index in [2.05, 4.69) is 28.8 Å². The van der Waals surface area contributed by atoms with Crippen molar-refractivity contribution in [2.24, 2.45) is 5.41 Å². The SMILES string of the molecule is CN(C)c1nccc(-c2[nH]c(C3OCC(C)(C)CO3)nc2-c2ccc(F)cc2)n1. The van der Waals surface area contributed by atoms with E-state index < -0.39 is 6.29 Å². The van der Waals surface area contributed by atoms with Crippen LogP contribution in [0.25, 0.3) is 22.6 Å². The Labute approximate surface area is 168 Å². The molecule has 8 heteroatoms. The minimum Gasteiger partial charge on any atom is -0.347 e. The maximum Gasteiger partial charge on any atom is 0.225 e. The van der Waals surface area contributed by atoms with Crippen LogP contribution in [-0.4, -0.2) is 47.2 Å². The number of ether oxygens (including phenoxy) is 2. The highest BCUT2D eigenvalue weighted by molar-refractivity contribution is 5.77. The largest absolute Gasteiger partial charge is 0.347 e. The van der Waals surface area contributed by atoms with Crippen LogP contribution in [0.15, 0.2) is 36.5 Å². The van der Waals surface area contributed by atoms with Gasteiger partial charge < -0.3 is 19.4 Å². The Balaban J connectivity index is 1.77. The summed E-state index contributed by atoms with van der Waals surface area (Å²) in [6.45, 7) is 5.31. The van der Waals surface area contributed by atoms with Crippen molar-refractivity contribution in [1.29, 1.82) is 0 Å². The summed E-state index contributed by atoms with van der Waals surface area (Å²) in [5.74, 6) is 0.833. The number of benzene rings is 1. The van der Waals surface area contributed by atoms with Gasteiger partial charge in [-0.3, -0.25) is 0 Å². The highest BCUT2D eigenvalue weighted by Crippen LogP contribution is 2.35. The molecule has 1 aromatic carbocycles. The van der Waals surface area contributed by atoms with Crippen LogP contribution in [0.3, 0.4) is 0 Å². The fourth-order valence-corrected chi connectivity index (χ4v) is 3.06. The highest BCUT2D eigenvalue weighted by Gasteiger charge is 2.32. The molecule has 0 saturated carbocycles. The van der Waals surface area contributed by atoms with Crippen molar-refractivity contribution in [1.82, 2.24) is 19.9 Å². The molecule has 0 unspecified atom stereocenters. The van der Waals surface area contributed by atoms with Crippen molar-refractivity contribution >= 4 is 5.95 Å². The van der Waals surface area contributed by atoms with Crippen LogP contribution < -0.4 is 4.90 Å². The second kappa shape index (κ2) is 7.53. The third kappa shape index (κ3) is 4.13. The van der Waals surface area contributed by atoms with Crippen molar-refractivity contribution < 1.29 is 13.9 Å². The first-order valence-corrected chi connectivity index (χ1v) is 9.42. The summed E-state index contributed by atoms with van der Waals surface area (Å²) in [4.78, 5) is 18.8. The molecule has 0 bridgehead atoms. The Morgan fingerprint density at radius 2 is 1.76 bits per heavy atom. The maximum absolute atomic E-state index is 13.4. The van der Waals surface area contributed by atoms with Crippen LogP contribution in [0.4, 0.5) is 10.3 Å². The predicted octanol–water partition coefficient (Wildman–Crippen LogP) is 3.81. The minimum atomic E-state index is -0.592. The van der Waals surface area contributed by atoms with Crippen LogP contribution in [0.2, 0.25) is 0 Å². The standard InChI is InChI=1S/C21H24FN5O2/c1-21(2)11-28-19(29-12-21)18-25-16(13-5-7-14(22)8-6-13)17(26-18)15-9-10-23-20(24-15)27(3)4/h5-10,19H,11-12H2,1-4H3,(H,25,26). The van der Waals surface area contributed by atoms with E-state index in [1.165, 1.54) is 12.1 Å². The van der Waals surface area contributed by atoms with Gasteiger partial charge in [0.25, 0.3) is 0 Å². The molecule has 4 rings (SSSR count). The Hall–Kier alpha value is -2.84. The number of rotatable bonds is 4. The number of H-pyrrole nitrogens is 1. The first kappa shape index (κ1) is 19.5. The molecule has 0 atom stereocenters. The van der Waals surface area contributed by atoms with Crippen LogP contribution in [0.5, 0.6) is 0 Å². The average Bonchev–Trinajstić information content (AvgIpc) is 3.14. The van der Waals surface area contributed by atoms with Crippen LogP contribution >= 0.6 is 0 Å². The van der Waals surface area contributed by atoms with Crippen LogP contribution in [0, 0.1) is 11.2 Å². The minimum absolute atomic E-state index is 0.0427. The zero-order valence-electron chi connectivity index (χ0n) is 16.9. The lowest BCUT2D eigenvalue weighted by Crippen LogP contribution is -2.34. The van der Waals surface area contributed by atoms with Gasteiger partial charge in [0.1, 0.15) is 5.82 Å². The van der Waals surface area contributed by atoms with E-state index in [-0.39, 0.29) is 11.2 Å². The molecule has 2 aromatic heterocycles. The van der Waals surface area contributed by atoms with E-state index in [1.54, 1.807) is 18.3 Å². The van der Waals surface area contributed by atoms with Gasteiger partial charge >= 0.3 is 0 Å². The Morgan fingerprint density at radius 1 is 1.07 bits per heavy atom. The van der Waals surface area contributed by atoms with E-state index in [4.69, 9.17) is 14.5 Å². The number of nitrogens with one attached hydrogen (secondary N) is 1. The van der Waals surface area contributed by atoms with Gasteiger partial charge in [0, 0.05) is 31.3 Å². The van der Waals surface area contributed by atoms with Gasteiger partial charge in [0.15, 0.2) is 5.82 Å². The van der Waals surface area contributed by atoms with Crippen molar-refractivity contribution in [3.05, 3.63) is 48.2 Å². The van der Waals surface area contributed by atoms with Crippen LogP contribution in [-0.2, 0) is 9.47 Å². The molecular formula is C21H24FN5O2.